The first-order valence-corrected chi connectivity index (χ1v) is 15.1. The molecule has 214 valence electrons. The molecule has 2 aliphatic heterocycles. The molecule has 0 N–H and O–H groups in total. The summed E-state index contributed by atoms with van der Waals surface area (Å²) < 4.78 is 0. The molecular weight excluding hydrogens is 592 g/mol. The Bertz CT molecular complexity index is 1930. The lowest BCUT2D eigenvalue weighted by Gasteiger charge is -2.14. The third-order valence-electron chi connectivity index (χ3n) is 7.79. The van der Waals surface area contributed by atoms with Crippen LogP contribution in [-0.2, 0) is 0 Å². The largest absolute Gasteiger partial charge is 0.316 e. The molecule has 2 aliphatic rings. The Morgan fingerprint density at radius 1 is 0.636 bits per heavy atom. The average Bonchev–Trinajstić information content (AvgIpc) is 3.76. The molecule has 0 aromatic heterocycles. The summed E-state index contributed by atoms with van der Waals surface area (Å²) in [6.07, 6.45) is 0. The normalized spacial score (nSPS) is 17.0. The molecule has 1 saturated heterocycles. The molecule has 2 heterocycles. The van der Waals surface area contributed by atoms with Crippen molar-refractivity contribution in [2.24, 2.45) is 0 Å². The van der Waals surface area contributed by atoms with E-state index in [0.29, 0.717) is 16.3 Å². The van der Waals surface area contributed by atoms with Crippen molar-refractivity contribution in [3.05, 3.63) is 160 Å². The fourth-order valence-electron chi connectivity index (χ4n) is 5.58. The number of halogens is 1. The number of rotatable bonds is 7. The van der Waals surface area contributed by atoms with Gasteiger partial charge in [-0.15, -0.1) is 0 Å². The number of amides is 3. The van der Waals surface area contributed by atoms with E-state index < -0.39 is 23.9 Å². The van der Waals surface area contributed by atoms with Crippen LogP contribution in [0.25, 0.3) is 0 Å². The van der Waals surface area contributed by atoms with E-state index in [2.05, 4.69) is 0 Å². The summed E-state index contributed by atoms with van der Waals surface area (Å²) in [5.41, 5.74) is 2.44. The molecule has 2 atom stereocenters. The van der Waals surface area contributed by atoms with Crippen molar-refractivity contribution in [3.63, 3.8) is 0 Å². The van der Waals surface area contributed by atoms with E-state index >= 15 is 0 Å². The molecule has 5 aromatic carbocycles. The lowest BCUT2D eigenvalue weighted by molar-refractivity contribution is 0.0833. The maximum absolute atomic E-state index is 13.8. The first kappa shape index (κ1) is 27.8. The van der Waals surface area contributed by atoms with Gasteiger partial charge in [-0.1, -0.05) is 84.0 Å². The van der Waals surface area contributed by atoms with Gasteiger partial charge in [-0.05, 0) is 72.3 Å². The number of benzene rings is 5. The topological polar surface area (TPSA) is 74.5 Å². The fourth-order valence-corrected chi connectivity index (χ4v) is 6.52. The van der Waals surface area contributed by atoms with E-state index in [1.54, 1.807) is 47.4 Å². The number of fused-ring (bicyclic) bond motifs is 1. The SMILES string of the molecule is O=C(c1ccccc1)[C@@H]1[C@@H](c2ccccc2)N1C(=O)c1ccc2c(c1)C(=O)N(c1ccc(Sc3ccc(Cl)cc3)cc1)C2=O. The van der Waals surface area contributed by atoms with Crippen LogP contribution < -0.4 is 4.90 Å². The highest BCUT2D eigenvalue weighted by molar-refractivity contribution is 7.99. The molecule has 8 heteroatoms. The molecule has 0 saturated carbocycles. The van der Waals surface area contributed by atoms with Crippen LogP contribution in [0.2, 0.25) is 5.02 Å². The van der Waals surface area contributed by atoms with Gasteiger partial charge in [0.1, 0.15) is 6.04 Å². The molecule has 3 amide bonds. The highest BCUT2D eigenvalue weighted by Gasteiger charge is 2.56. The van der Waals surface area contributed by atoms with Gasteiger partial charge in [0.05, 0.1) is 22.9 Å². The first-order chi connectivity index (χ1) is 21.4. The Kier molecular flexibility index (Phi) is 7.12. The third-order valence-corrected chi connectivity index (χ3v) is 9.06. The standard InChI is InChI=1S/C36H23ClN2O4S/c37-25-12-16-27(17-13-25)44-28-18-14-26(15-19-28)38-35(42)29-20-11-24(21-30(29)36(38)43)34(41)39-31(22-7-3-1-4-8-22)32(39)33(40)23-9-5-2-6-10-23/h1-21,31-32H/t31-,32+,39?/m1/s1. The minimum Gasteiger partial charge on any atom is -0.316 e. The lowest BCUT2D eigenvalue weighted by Crippen LogP contribution is -2.29. The molecule has 5 aromatic rings. The number of nitrogens with zero attached hydrogens (tertiary/aromatic N) is 2. The maximum Gasteiger partial charge on any atom is 0.266 e. The van der Waals surface area contributed by atoms with Crippen molar-refractivity contribution >= 4 is 52.6 Å². The predicted molar refractivity (Wildman–Crippen MR) is 170 cm³/mol. The van der Waals surface area contributed by atoms with Crippen LogP contribution >= 0.6 is 23.4 Å². The van der Waals surface area contributed by atoms with E-state index in [0.717, 1.165) is 20.3 Å². The van der Waals surface area contributed by atoms with Crippen LogP contribution in [0, 0.1) is 0 Å². The van der Waals surface area contributed by atoms with Crippen LogP contribution in [0.1, 0.15) is 53.0 Å². The molecular formula is C36H23ClN2O4S. The molecule has 1 fully saturated rings. The van der Waals surface area contributed by atoms with Crippen LogP contribution in [0.15, 0.2) is 137 Å². The van der Waals surface area contributed by atoms with Crippen LogP contribution in [0.4, 0.5) is 5.69 Å². The summed E-state index contributed by atoms with van der Waals surface area (Å²) in [6, 6.07) is 36.4. The second kappa shape index (κ2) is 11.3. The van der Waals surface area contributed by atoms with E-state index in [-0.39, 0.29) is 28.4 Å². The average molecular weight is 615 g/mol. The second-order valence-corrected chi connectivity index (χ2v) is 12.1. The number of hydrogen-bond acceptors (Lipinski definition) is 5. The second-order valence-electron chi connectivity index (χ2n) is 10.5. The molecule has 44 heavy (non-hydrogen) atoms. The number of carbonyl (C=O) groups excluding carboxylic acids is 4. The van der Waals surface area contributed by atoms with Gasteiger partial charge in [0.15, 0.2) is 5.78 Å². The minimum absolute atomic E-state index is 0.149. The van der Waals surface area contributed by atoms with Crippen LogP contribution in [0.5, 0.6) is 0 Å². The Morgan fingerprint density at radius 3 is 1.89 bits per heavy atom. The zero-order chi connectivity index (χ0) is 30.4. The van der Waals surface area contributed by atoms with Crippen molar-refractivity contribution in [1.29, 1.82) is 0 Å². The van der Waals surface area contributed by atoms with Gasteiger partial charge in [0.25, 0.3) is 17.7 Å². The molecule has 0 bridgehead atoms. The minimum atomic E-state index is -0.668. The van der Waals surface area contributed by atoms with Crippen molar-refractivity contribution in [3.8, 4) is 0 Å². The number of imide groups is 1. The fraction of sp³-hybridized carbons (Fsp3) is 0.0556. The zero-order valence-electron chi connectivity index (χ0n) is 23.1. The van der Waals surface area contributed by atoms with Crippen molar-refractivity contribution < 1.29 is 19.2 Å². The van der Waals surface area contributed by atoms with E-state index in [1.807, 2.05) is 72.8 Å². The molecule has 0 aliphatic carbocycles. The highest BCUT2D eigenvalue weighted by Crippen LogP contribution is 2.46. The van der Waals surface area contributed by atoms with Crippen LogP contribution in [-0.4, -0.2) is 34.4 Å². The summed E-state index contributed by atoms with van der Waals surface area (Å²) in [5.74, 6) is -1.48. The summed E-state index contributed by atoms with van der Waals surface area (Å²) in [4.78, 5) is 58.8. The van der Waals surface area contributed by atoms with Gasteiger partial charge >= 0.3 is 0 Å². The van der Waals surface area contributed by atoms with Crippen molar-refractivity contribution in [2.75, 3.05) is 4.90 Å². The summed E-state index contributed by atoms with van der Waals surface area (Å²) in [7, 11) is 0. The number of anilines is 1. The Morgan fingerprint density at radius 2 is 1.23 bits per heavy atom. The van der Waals surface area contributed by atoms with E-state index in [1.165, 1.54) is 23.9 Å². The monoisotopic (exact) mass is 614 g/mol. The number of Topliss-reactive ketones (excluding diaryl/α,β-unsaturated/α-hetero) is 1. The molecule has 0 spiro atoms. The van der Waals surface area contributed by atoms with E-state index in [9.17, 15) is 19.2 Å². The maximum atomic E-state index is 13.8. The summed E-state index contributed by atoms with van der Waals surface area (Å²) in [5, 5.41) is 0.658. The van der Waals surface area contributed by atoms with E-state index in [4.69, 9.17) is 11.6 Å². The first-order valence-electron chi connectivity index (χ1n) is 13.9. The van der Waals surface area contributed by atoms with Crippen molar-refractivity contribution in [2.45, 2.75) is 21.9 Å². The van der Waals surface area contributed by atoms with Gasteiger partial charge in [-0.2, -0.15) is 0 Å². The van der Waals surface area contributed by atoms with Gasteiger partial charge in [-0.25, -0.2) is 4.90 Å². The molecule has 0 radical (unpaired) electrons. The Balaban J connectivity index is 1.13. The third kappa shape index (κ3) is 5.00. The molecule has 7 rings (SSSR count). The highest BCUT2D eigenvalue weighted by atomic mass is 35.5. The summed E-state index contributed by atoms with van der Waals surface area (Å²) >= 11 is 7.52. The Hall–Kier alpha value is -4.98. The Labute approximate surface area is 262 Å². The lowest BCUT2D eigenvalue weighted by atomic mass is 10.0. The van der Waals surface area contributed by atoms with Gasteiger partial charge in [-0.3, -0.25) is 19.2 Å². The summed E-state index contributed by atoms with van der Waals surface area (Å²) in [6.45, 7) is 0. The van der Waals surface area contributed by atoms with Crippen molar-refractivity contribution in [1.82, 2.24) is 4.90 Å². The molecule has 6 nitrogen and oxygen atoms in total. The molecule has 0 unspecified atom stereocenters. The quantitative estimate of drug-likeness (QED) is 0.106. The predicted octanol–water partition coefficient (Wildman–Crippen LogP) is 7.74. The number of hydrogen-bond donors (Lipinski definition) is 0. The van der Waals surface area contributed by atoms with Gasteiger partial charge in [0.2, 0.25) is 0 Å². The van der Waals surface area contributed by atoms with Crippen LogP contribution in [0.3, 0.4) is 0 Å². The number of carbonyl (C=O) groups is 4. The number of ketones is 1. The zero-order valence-corrected chi connectivity index (χ0v) is 24.7. The smallest absolute Gasteiger partial charge is 0.266 e. The van der Waals surface area contributed by atoms with Gasteiger partial charge in [0, 0.05) is 25.9 Å². The van der Waals surface area contributed by atoms with Gasteiger partial charge < -0.3 is 4.90 Å².